The molecule has 0 aliphatic carbocycles. The van der Waals surface area contributed by atoms with Crippen molar-refractivity contribution in [2.24, 2.45) is 0 Å². The first-order valence-corrected chi connectivity index (χ1v) is 8.57. The number of aromatic nitrogens is 4. The molecule has 1 N–H and O–H groups in total. The predicted molar refractivity (Wildman–Crippen MR) is 94.1 cm³/mol. The summed E-state index contributed by atoms with van der Waals surface area (Å²) in [7, 11) is 1.55. The molecule has 0 spiro atoms. The smallest absolute Gasteiger partial charge is 0.343 e. The second-order valence-electron chi connectivity index (χ2n) is 6.35. The Morgan fingerprint density at radius 3 is 2.85 bits per heavy atom. The SMILES string of the molecule is COCc1c(C(=O)N2CCn3c(n[nH]c3=O)C2c2ccccc2)noc1C. The molecule has 1 unspecified atom stereocenters. The summed E-state index contributed by atoms with van der Waals surface area (Å²) in [6, 6.07) is 8.98. The van der Waals surface area contributed by atoms with Gasteiger partial charge in [-0.1, -0.05) is 35.5 Å². The van der Waals surface area contributed by atoms with Crippen LogP contribution < -0.4 is 5.69 Å². The Labute approximate surface area is 154 Å². The van der Waals surface area contributed by atoms with E-state index in [1.807, 2.05) is 30.3 Å². The lowest BCUT2D eigenvalue weighted by Crippen LogP contribution is -2.45. The zero-order valence-electron chi connectivity index (χ0n) is 15.0. The van der Waals surface area contributed by atoms with E-state index in [4.69, 9.17) is 9.26 Å². The minimum Gasteiger partial charge on any atom is -0.380 e. The van der Waals surface area contributed by atoms with Crippen molar-refractivity contribution in [2.75, 3.05) is 13.7 Å². The number of amides is 1. The summed E-state index contributed by atoms with van der Waals surface area (Å²) in [5, 5.41) is 10.6. The summed E-state index contributed by atoms with van der Waals surface area (Å²) >= 11 is 0. The largest absolute Gasteiger partial charge is 0.380 e. The lowest BCUT2D eigenvalue weighted by atomic mass is 10.0. The fourth-order valence-corrected chi connectivity index (χ4v) is 3.42. The maximum Gasteiger partial charge on any atom is 0.343 e. The molecule has 1 atom stereocenters. The number of methoxy groups -OCH3 is 1. The Balaban J connectivity index is 1.80. The normalized spacial score (nSPS) is 16.4. The van der Waals surface area contributed by atoms with Gasteiger partial charge in [-0.2, -0.15) is 5.10 Å². The number of hydrogen-bond donors (Lipinski definition) is 1. The van der Waals surface area contributed by atoms with Gasteiger partial charge < -0.3 is 14.2 Å². The van der Waals surface area contributed by atoms with Crippen LogP contribution in [0.5, 0.6) is 0 Å². The molecule has 1 aromatic carbocycles. The van der Waals surface area contributed by atoms with Crippen LogP contribution in [-0.2, 0) is 17.9 Å². The van der Waals surface area contributed by atoms with Crippen molar-refractivity contribution < 1.29 is 14.1 Å². The quantitative estimate of drug-likeness (QED) is 0.742. The summed E-state index contributed by atoms with van der Waals surface area (Å²) in [6.07, 6.45) is 0. The molecule has 2 aromatic heterocycles. The number of carbonyl (C=O) groups excluding carboxylic acids is 1. The predicted octanol–water partition coefficient (Wildman–Crippen LogP) is 1.26. The first-order valence-electron chi connectivity index (χ1n) is 8.57. The topological polar surface area (TPSA) is 106 Å². The van der Waals surface area contributed by atoms with Crippen molar-refractivity contribution in [1.82, 2.24) is 24.8 Å². The van der Waals surface area contributed by atoms with Gasteiger partial charge in [-0.05, 0) is 12.5 Å². The van der Waals surface area contributed by atoms with Crippen molar-refractivity contribution in [3.63, 3.8) is 0 Å². The highest BCUT2D eigenvalue weighted by Crippen LogP contribution is 2.31. The average Bonchev–Trinajstić information content (AvgIpc) is 3.25. The number of aromatic amines is 1. The number of nitrogens with one attached hydrogen (secondary N) is 1. The Morgan fingerprint density at radius 2 is 2.11 bits per heavy atom. The number of hydrogen-bond acceptors (Lipinski definition) is 6. The molecule has 1 aliphatic rings. The fraction of sp³-hybridized carbons (Fsp3) is 0.333. The van der Waals surface area contributed by atoms with Crippen LogP contribution in [0.1, 0.15) is 39.2 Å². The van der Waals surface area contributed by atoms with Gasteiger partial charge in [-0.3, -0.25) is 9.36 Å². The second kappa shape index (κ2) is 6.84. The zero-order chi connectivity index (χ0) is 19.0. The number of fused-ring (bicyclic) bond motifs is 1. The first-order chi connectivity index (χ1) is 13.1. The lowest BCUT2D eigenvalue weighted by Gasteiger charge is -2.35. The summed E-state index contributed by atoms with van der Waals surface area (Å²) in [5.74, 6) is 0.763. The van der Waals surface area contributed by atoms with Gasteiger partial charge in [-0.15, -0.1) is 0 Å². The molecular formula is C18H19N5O4. The Morgan fingerprint density at radius 1 is 1.33 bits per heavy atom. The number of ether oxygens (including phenoxy) is 1. The van der Waals surface area contributed by atoms with Crippen LogP contribution in [0.25, 0.3) is 0 Å². The Kier molecular flexibility index (Phi) is 4.36. The van der Waals surface area contributed by atoms with Gasteiger partial charge in [-0.25, -0.2) is 9.89 Å². The molecule has 27 heavy (non-hydrogen) atoms. The fourth-order valence-electron chi connectivity index (χ4n) is 3.42. The third-order valence-electron chi connectivity index (χ3n) is 4.76. The third kappa shape index (κ3) is 2.85. The van der Waals surface area contributed by atoms with Gasteiger partial charge in [0.1, 0.15) is 11.8 Å². The van der Waals surface area contributed by atoms with Crippen LogP contribution in [0.3, 0.4) is 0 Å². The van der Waals surface area contributed by atoms with Crippen molar-refractivity contribution in [3.8, 4) is 0 Å². The minimum absolute atomic E-state index is 0.224. The van der Waals surface area contributed by atoms with Gasteiger partial charge in [0.2, 0.25) is 0 Å². The molecule has 1 amide bonds. The Hall–Kier alpha value is -3.20. The Bertz CT molecular complexity index is 1020. The highest BCUT2D eigenvalue weighted by molar-refractivity contribution is 5.94. The molecule has 140 valence electrons. The number of benzene rings is 1. The summed E-state index contributed by atoms with van der Waals surface area (Å²) < 4.78 is 12.0. The zero-order valence-corrected chi connectivity index (χ0v) is 15.0. The standard InChI is InChI=1S/C18H19N5O4/c1-11-13(10-26-2)14(21-27-11)17(24)22-8-9-23-16(19-20-18(23)25)15(22)12-6-4-3-5-7-12/h3-7,15H,8-10H2,1-2H3,(H,20,25). The molecule has 4 rings (SSSR count). The van der Waals surface area contributed by atoms with E-state index < -0.39 is 6.04 Å². The lowest BCUT2D eigenvalue weighted by molar-refractivity contribution is 0.0642. The third-order valence-corrected chi connectivity index (χ3v) is 4.76. The first kappa shape index (κ1) is 17.2. The van der Waals surface area contributed by atoms with Crippen LogP contribution in [0, 0.1) is 6.92 Å². The molecule has 1 aliphatic heterocycles. The number of carbonyl (C=O) groups is 1. The maximum atomic E-state index is 13.3. The molecule has 3 heterocycles. The van der Waals surface area contributed by atoms with Gasteiger partial charge in [0.05, 0.1) is 12.2 Å². The molecule has 3 aromatic rings. The monoisotopic (exact) mass is 369 g/mol. The number of rotatable bonds is 4. The van der Waals surface area contributed by atoms with Crippen molar-refractivity contribution >= 4 is 5.91 Å². The molecule has 9 nitrogen and oxygen atoms in total. The minimum atomic E-state index is -0.501. The van der Waals surface area contributed by atoms with Gasteiger partial charge in [0.15, 0.2) is 11.5 Å². The highest BCUT2D eigenvalue weighted by atomic mass is 16.5. The molecule has 0 saturated carbocycles. The van der Waals surface area contributed by atoms with Crippen LogP contribution in [0.4, 0.5) is 0 Å². The van der Waals surface area contributed by atoms with Crippen LogP contribution in [0.2, 0.25) is 0 Å². The molecular weight excluding hydrogens is 350 g/mol. The number of nitrogens with zero attached hydrogens (tertiary/aromatic N) is 4. The van der Waals surface area contributed by atoms with Crippen molar-refractivity contribution in [3.05, 3.63) is 69.2 Å². The van der Waals surface area contributed by atoms with Crippen LogP contribution in [-0.4, -0.2) is 44.4 Å². The summed E-state index contributed by atoms with van der Waals surface area (Å²) in [6.45, 7) is 2.68. The molecule has 9 heteroatoms. The highest BCUT2D eigenvalue weighted by Gasteiger charge is 2.37. The average molecular weight is 369 g/mol. The van der Waals surface area contributed by atoms with E-state index in [1.54, 1.807) is 23.5 Å². The molecule has 0 bridgehead atoms. The van der Waals surface area contributed by atoms with Gasteiger partial charge in [0.25, 0.3) is 5.91 Å². The van der Waals surface area contributed by atoms with Crippen molar-refractivity contribution in [2.45, 2.75) is 26.1 Å². The van der Waals surface area contributed by atoms with Crippen LogP contribution >= 0.6 is 0 Å². The molecule has 0 fully saturated rings. The summed E-state index contributed by atoms with van der Waals surface area (Å²) in [5.41, 5.74) is 1.43. The molecule has 0 radical (unpaired) electrons. The van der Waals surface area contributed by atoms with E-state index >= 15 is 0 Å². The maximum absolute atomic E-state index is 13.3. The van der Waals surface area contributed by atoms with Crippen molar-refractivity contribution in [1.29, 1.82) is 0 Å². The van der Waals surface area contributed by atoms with Crippen LogP contribution in [0.15, 0.2) is 39.6 Å². The van der Waals surface area contributed by atoms with Gasteiger partial charge >= 0.3 is 5.69 Å². The summed E-state index contributed by atoms with van der Waals surface area (Å²) in [4.78, 5) is 27.0. The van der Waals surface area contributed by atoms with E-state index in [2.05, 4.69) is 15.4 Å². The van der Waals surface area contributed by atoms with E-state index in [9.17, 15) is 9.59 Å². The van der Waals surface area contributed by atoms with E-state index in [-0.39, 0.29) is 23.9 Å². The van der Waals surface area contributed by atoms with E-state index in [1.165, 1.54) is 0 Å². The van der Waals surface area contributed by atoms with E-state index in [0.717, 1.165) is 5.56 Å². The second-order valence-corrected chi connectivity index (χ2v) is 6.35. The molecule has 0 saturated heterocycles. The number of aryl methyl sites for hydroxylation is 1. The number of H-pyrrole nitrogens is 1. The van der Waals surface area contributed by atoms with Gasteiger partial charge in [0, 0.05) is 20.2 Å². The van der Waals surface area contributed by atoms with E-state index in [0.29, 0.717) is 30.2 Å².